The highest BCUT2D eigenvalue weighted by atomic mass is 32.2. The Morgan fingerprint density at radius 3 is 2.64 bits per heavy atom. The Morgan fingerprint density at radius 2 is 2.00 bits per heavy atom. The number of hydrogen-bond acceptors (Lipinski definition) is 3. The van der Waals surface area contributed by atoms with Crippen molar-refractivity contribution in [1.29, 1.82) is 0 Å². The number of rotatable bonds is 1. The molecule has 0 spiro atoms. The molecule has 0 amide bonds. The smallest absolute Gasteiger partial charge is 0.201 e. The first kappa shape index (κ1) is 9.08. The summed E-state index contributed by atoms with van der Waals surface area (Å²) in [7, 11) is -3.62. The van der Waals surface area contributed by atoms with Gasteiger partial charge in [-0.2, -0.15) is 0 Å². The highest BCUT2D eigenvalue weighted by molar-refractivity contribution is 7.95. The van der Waals surface area contributed by atoms with Crippen molar-refractivity contribution >= 4 is 21.7 Å². The predicted octanol–water partition coefficient (Wildman–Crippen LogP) is 1.15. The van der Waals surface area contributed by atoms with E-state index in [1.807, 2.05) is 0 Å². The topological polar surface area (TPSA) is 51.2 Å². The van der Waals surface area contributed by atoms with Crippen molar-refractivity contribution in [1.82, 2.24) is 0 Å². The van der Waals surface area contributed by atoms with Crippen molar-refractivity contribution < 1.29 is 17.6 Å². The van der Waals surface area contributed by atoms with Crippen LogP contribution in [-0.2, 0) is 14.6 Å². The molecule has 5 heteroatoms. The number of aldehydes is 1. The van der Waals surface area contributed by atoms with Gasteiger partial charge >= 0.3 is 0 Å². The van der Waals surface area contributed by atoms with Crippen LogP contribution in [-0.4, -0.2) is 14.7 Å². The lowest BCUT2D eigenvalue weighted by molar-refractivity contribution is -0.103. The lowest BCUT2D eigenvalue weighted by atomic mass is 10.1. The van der Waals surface area contributed by atoms with E-state index in [2.05, 4.69) is 0 Å². The Balaban J connectivity index is 2.81. The Labute approximate surface area is 79.8 Å². The maximum Gasteiger partial charge on any atom is 0.201 e. The third kappa shape index (κ3) is 1.17. The second-order valence-corrected chi connectivity index (χ2v) is 4.64. The molecule has 1 aliphatic rings. The Hall–Kier alpha value is -1.49. The molecule has 0 aliphatic carbocycles. The van der Waals surface area contributed by atoms with Crippen molar-refractivity contribution in [2.45, 2.75) is 4.90 Å². The zero-order chi connectivity index (χ0) is 10.3. The van der Waals surface area contributed by atoms with Crippen LogP contribution in [0.25, 0.3) is 5.57 Å². The van der Waals surface area contributed by atoms with Gasteiger partial charge in [0, 0.05) is 16.5 Å². The molecule has 0 fully saturated rings. The fourth-order valence-electron chi connectivity index (χ4n) is 1.36. The molecule has 14 heavy (non-hydrogen) atoms. The first-order valence-electron chi connectivity index (χ1n) is 3.76. The number of benzene rings is 1. The van der Waals surface area contributed by atoms with Gasteiger partial charge in [0.05, 0.1) is 4.90 Å². The number of fused-ring (bicyclic) bond motifs is 1. The number of sulfone groups is 1. The van der Waals surface area contributed by atoms with E-state index in [9.17, 15) is 17.6 Å². The summed E-state index contributed by atoms with van der Waals surface area (Å²) < 4.78 is 35.5. The van der Waals surface area contributed by atoms with Gasteiger partial charge in [-0.1, -0.05) is 6.07 Å². The van der Waals surface area contributed by atoms with Crippen LogP contribution < -0.4 is 0 Å². The number of carbonyl (C=O) groups is 1. The van der Waals surface area contributed by atoms with Gasteiger partial charge < -0.3 is 0 Å². The van der Waals surface area contributed by atoms with Crippen LogP contribution in [0.3, 0.4) is 0 Å². The standard InChI is InChI=1S/C9H5FO3S/c10-7-1-2-8-6(4-11)5-14(12,13)9(8)3-7/h1-5H. The molecule has 1 aromatic carbocycles. The SMILES string of the molecule is O=CC1=CS(=O)(=O)c2cc(F)ccc21. The van der Waals surface area contributed by atoms with Gasteiger partial charge in [-0.25, -0.2) is 12.8 Å². The second kappa shape index (κ2) is 2.75. The summed E-state index contributed by atoms with van der Waals surface area (Å²) in [5, 5.41) is 0.851. The van der Waals surface area contributed by atoms with Crippen molar-refractivity contribution in [3.05, 3.63) is 35.0 Å². The van der Waals surface area contributed by atoms with Crippen LogP contribution in [0.15, 0.2) is 28.5 Å². The van der Waals surface area contributed by atoms with Crippen molar-refractivity contribution in [3.8, 4) is 0 Å². The highest BCUT2D eigenvalue weighted by Gasteiger charge is 2.26. The van der Waals surface area contributed by atoms with E-state index in [0.717, 1.165) is 17.5 Å². The lowest BCUT2D eigenvalue weighted by Gasteiger charge is -1.98. The quantitative estimate of drug-likeness (QED) is 0.656. The van der Waals surface area contributed by atoms with Gasteiger partial charge in [-0.05, 0) is 12.1 Å². The average molecular weight is 212 g/mol. The molecule has 0 saturated heterocycles. The number of carbonyl (C=O) groups excluding carboxylic acids is 1. The minimum Gasteiger partial charge on any atom is -0.298 e. The summed E-state index contributed by atoms with van der Waals surface area (Å²) in [6.45, 7) is 0. The molecule has 1 aliphatic heterocycles. The maximum absolute atomic E-state index is 12.8. The van der Waals surface area contributed by atoms with Crippen molar-refractivity contribution in [2.75, 3.05) is 0 Å². The molecule has 2 rings (SSSR count). The van der Waals surface area contributed by atoms with Crippen LogP contribution in [0, 0.1) is 5.82 Å². The van der Waals surface area contributed by atoms with E-state index in [4.69, 9.17) is 0 Å². The predicted molar refractivity (Wildman–Crippen MR) is 47.6 cm³/mol. The van der Waals surface area contributed by atoms with Crippen LogP contribution in [0.2, 0.25) is 0 Å². The van der Waals surface area contributed by atoms with Gasteiger partial charge in [0.2, 0.25) is 9.84 Å². The first-order chi connectivity index (χ1) is 6.54. The third-order valence-corrected chi connectivity index (χ3v) is 3.49. The van der Waals surface area contributed by atoms with Crippen molar-refractivity contribution in [2.24, 2.45) is 0 Å². The molecule has 3 nitrogen and oxygen atoms in total. The molecule has 1 heterocycles. The monoisotopic (exact) mass is 212 g/mol. The van der Waals surface area contributed by atoms with Gasteiger partial charge in [0.1, 0.15) is 5.82 Å². The summed E-state index contributed by atoms with van der Waals surface area (Å²) in [6, 6.07) is 3.32. The van der Waals surface area contributed by atoms with Crippen molar-refractivity contribution in [3.63, 3.8) is 0 Å². The van der Waals surface area contributed by atoms with Crippen LogP contribution in [0.4, 0.5) is 4.39 Å². The zero-order valence-electron chi connectivity index (χ0n) is 6.90. The number of halogens is 1. The minimum atomic E-state index is -3.62. The summed E-state index contributed by atoms with van der Waals surface area (Å²) in [5.74, 6) is -0.632. The van der Waals surface area contributed by atoms with Crippen LogP contribution in [0.5, 0.6) is 0 Å². The summed E-state index contributed by atoms with van der Waals surface area (Å²) >= 11 is 0. The van der Waals surface area contributed by atoms with Gasteiger partial charge in [0.25, 0.3) is 0 Å². The van der Waals surface area contributed by atoms with Gasteiger partial charge in [-0.15, -0.1) is 0 Å². The van der Waals surface area contributed by atoms with E-state index in [-0.39, 0.29) is 16.0 Å². The Kier molecular flexibility index (Phi) is 1.78. The molecule has 0 N–H and O–H groups in total. The lowest BCUT2D eigenvalue weighted by Crippen LogP contribution is -1.94. The van der Waals surface area contributed by atoms with E-state index >= 15 is 0 Å². The van der Waals surface area contributed by atoms with E-state index < -0.39 is 15.7 Å². The minimum absolute atomic E-state index is 0.0694. The molecule has 0 radical (unpaired) electrons. The highest BCUT2D eigenvalue weighted by Crippen LogP contribution is 2.32. The van der Waals surface area contributed by atoms with E-state index in [1.54, 1.807) is 0 Å². The van der Waals surface area contributed by atoms with E-state index in [0.29, 0.717) is 6.29 Å². The van der Waals surface area contributed by atoms with Gasteiger partial charge in [-0.3, -0.25) is 4.79 Å². The molecule has 0 aromatic heterocycles. The van der Waals surface area contributed by atoms with Crippen LogP contribution >= 0.6 is 0 Å². The molecule has 1 aromatic rings. The Morgan fingerprint density at radius 1 is 1.29 bits per heavy atom. The molecule has 0 unspecified atom stereocenters. The molecule has 0 bridgehead atoms. The second-order valence-electron chi connectivity index (χ2n) is 2.88. The molecular formula is C9H5FO3S. The largest absolute Gasteiger partial charge is 0.298 e. The number of hydrogen-bond donors (Lipinski definition) is 0. The Bertz CT molecular complexity index is 543. The third-order valence-electron chi connectivity index (χ3n) is 1.97. The summed E-state index contributed by atoms with van der Waals surface area (Å²) in [6.07, 6.45) is 0.446. The normalized spacial score (nSPS) is 17.4. The van der Waals surface area contributed by atoms with Gasteiger partial charge in [0.15, 0.2) is 6.29 Å². The molecule has 72 valence electrons. The molecular weight excluding hydrogens is 207 g/mol. The zero-order valence-corrected chi connectivity index (χ0v) is 7.71. The summed E-state index contributed by atoms with van der Waals surface area (Å²) in [4.78, 5) is 10.4. The van der Waals surface area contributed by atoms with Crippen LogP contribution in [0.1, 0.15) is 5.56 Å². The summed E-state index contributed by atoms with van der Waals surface area (Å²) in [5.41, 5.74) is 0.335. The number of allylic oxidation sites excluding steroid dienone is 1. The van der Waals surface area contributed by atoms with E-state index in [1.165, 1.54) is 6.07 Å². The maximum atomic E-state index is 12.8. The molecule has 0 saturated carbocycles. The fraction of sp³-hybridized carbons (Fsp3) is 0. The molecule has 0 atom stereocenters. The fourth-order valence-corrected chi connectivity index (χ4v) is 2.77. The average Bonchev–Trinajstić information content (AvgIpc) is 2.38. The first-order valence-corrected chi connectivity index (χ1v) is 5.31.